The molecule has 22 heteroatoms. The Kier molecular flexibility index (Phi) is 21.2. The van der Waals surface area contributed by atoms with Crippen LogP contribution in [0, 0.1) is 23.2 Å². The van der Waals surface area contributed by atoms with Gasteiger partial charge in [-0.05, 0) is 61.3 Å². The number of aliphatic hydroxyl groups is 2. The molecule has 5 N–H and O–H groups in total. The van der Waals surface area contributed by atoms with Crippen LogP contribution in [0.4, 0.5) is 4.39 Å². The summed E-state index contributed by atoms with van der Waals surface area (Å²) in [6.45, 7) is 8.72. The molecule has 0 bridgehead atoms. The van der Waals surface area contributed by atoms with Gasteiger partial charge in [-0.15, -0.1) is 16.6 Å². The fraction of sp³-hybridized carbons (Fsp3) is 0.302. The van der Waals surface area contributed by atoms with Crippen LogP contribution in [-0.4, -0.2) is 114 Å². The number of benzene rings is 3. The van der Waals surface area contributed by atoms with Crippen LogP contribution in [0.1, 0.15) is 20.8 Å². The summed E-state index contributed by atoms with van der Waals surface area (Å²) in [6.07, 6.45) is 8.31. The van der Waals surface area contributed by atoms with Gasteiger partial charge in [0.15, 0.2) is 0 Å². The Morgan fingerprint density at radius 3 is 1.49 bits per heavy atom. The van der Waals surface area contributed by atoms with Gasteiger partial charge in [0.1, 0.15) is 35.2 Å². The Labute approximate surface area is 374 Å². The van der Waals surface area contributed by atoms with Crippen molar-refractivity contribution in [1.82, 2.24) is 30.0 Å². The molecule has 0 saturated heterocycles. The predicted octanol–water partition coefficient (Wildman–Crippen LogP) is 6.08. The van der Waals surface area contributed by atoms with Crippen LogP contribution in [0.15, 0.2) is 120 Å². The van der Waals surface area contributed by atoms with Crippen LogP contribution < -0.4 is 0 Å². The van der Waals surface area contributed by atoms with Gasteiger partial charge in [-0.3, -0.25) is 13.8 Å². The molecule has 0 aliphatic rings. The van der Waals surface area contributed by atoms with Crippen molar-refractivity contribution < 1.29 is 50.4 Å². The number of hydrogen-bond donors (Lipinski definition) is 5. The third-order valence-electron chi connectivity index (χ3n) is 8.82. The lowest BCUT2D eigenvalue weighted by molar-refractivity contribution is -0.145. The number of nitrogens with zero attached hydrogens (tertiary/aromatic N) is 12. The smallest absolute Gasteiger partial charge is 0.333 e. The van der Waals surface area contributed by atoms with Crippen molar-refractivity contribution in [2.45, 2.75) is 26.9 Å². The van der Waals surface area contributed by atoms with Gasteiger partial charge in [0.2, 0.25) is 0 Å². The lowest BCUT2D eigenvalue weighted by atomic mass is 9.89. The second-order valence-corrected chi connectivity index (χ2v) is 14.1. The quantitative estimate of drug-likeness (QED) is 0.0167. The van der Waals surface area contributed by atoms with E-state index in [9.17, 15) is 34.4 Å². The van der Waals surface area contributed by atoms with E-state index in [1.807, 2.05) is 0 Å². The largest absolute Gasteiger partial charge is 0.507 e. The van der Waals surface area contributed by atoms with Crippen molar-refractivity contribution in [3.8, 4) is 52.1 Å². The van der Waals surface area contributed by atoms with E-state index in [2.05, 4.69) is 59.8 Å². The molecule has 5 rings (SSSR count). The van der Waals surface area contributed by atoms with Crippen molar-refractivity contribution >= 4 is 11.9 Å². The Morgan fingerprint density at radius 2 is 1.15 bits per heavy atom. The number of phenols is 3. The SMILES string of the molecule is C#Cc1ccccc1O.C=C(C)C(=O)OCC(CO)(CN=[N+]=[N-])CN=[N+]=[N-].C=C(C)C(=O)OCC(CO)(Cn1cc(-c2ccccc2O)nn1)Cn1cc(-c2ccccc2O)nn1.[2H]CF. The number of phenolic OH excluding ortho intramolecular Hbond substituents is 3. The second kappa shape index (κ2) is 27.0. The van der Waals surface area contributed by atoms with Gasteiger partial charge in [-0.1, -0.05) is 76.1 Å². The van der Waals surface area contributed by atoms with Crippen molar-refractivity contribution in [3.05, 3.63) is 136 Å². The first-order valence-electron chi connectivity index (χ1n) is 19.6. The molecule has 0 atom stereocenters. The summed E-state index contributed by atoms with van der Waals surface area (Å²) in [5.41, 5.74) is 17.3. The molecule has 0 radical (unpaired) electrons. The number of terminal acetylenes is 1. The van der Waals surface area contributed by atoms with E-state index in [1.54, 1.807) is 85.2 Å². The van der Waals surface area contributed by atoms with Crippen molar-refractivity contribution in [2.24, 2.45) is 21.1 Å². The number of carbonyl (C=O) groups excluding carboxylic acids is 2. The summed E-state index contributed by atoms with van der Waals surface area (Å²) in [4.78, 5) is 28.5. The maximum absolute atomic E-state index is 12.1. The first-order chi connectivity index (χ1) is 31.6. The number of aliphatic hydroxyl groups excluding tert-OH is 2. The minimum Gasteiger partial charge on any atom is -0.507 e. The summed E-state index contributed by atoms with van der Waals surface area (Å²) >= 11 is 0. The van der Waals surface area contributed by atoms with Crippen LogP contribution >= 0.6 is 0 Å². The van der Waals surface area contributed by atoms with Crippen LogP contribution in [0.3, 0.4) is 0 Å². The number of para-hydroxylation sites is 3. The highest BCUT2D eigenvalue weighted by atomic mass is 19.1. The van der Waals surface area contributed by atoms with Gasteiger partial charge >= 0.3 is 11.9 Å². The molecule has 0 saturated carbocycles. The minimum atomic E-state index is -1.11. The first-order valence-corrected chi connectivity index (χ1v) is 18.9. The molecular formula is C43H49FN12O9. The molecule has 0 spiro atoms. The number of ether oxygens (including phenoxy) is 2. The average Bonchev–Trinajstić information content (AvgIpc) is 3.98. The van der Waals surface area contributed by atoms with E-state index >= 15 is 0 Å². The third-order valence-corrected chi connectivity index (χ3v) is 8.82. The van der Waals surface area contributed by atoms with E-state index in [1.165, 1.54) is 23.2 Å². The van der Waals surface area contributed by atoms with Crippen LogP contribution in [0.5, 0.6) is 17.2 Å². The third kappa shape index (κ3) is 16.5. The van der Waals surface area contributed by atoms with Crippen molar-refractivity contribution in [2.75, 3.05) is 46.7 Å². The molecule has 5 aromatic rings. The zero-order valence-corrected chi connectivity index (χ0v) is 35.6. The molecular weight excluding hydrogens is 848 g/mol. The van der Waals surface area contributed by atoms with Crippen LogP contribution in [0.2, 0.25) is 0 Å². The Hall–Kier alpha value is -8.21. The number of azide groups is 2. The van der Waals surface area contributed by atoms with Crippen LogP contribution in [-0.2, 0) is 32.2 Å². The molecule has 0 unspecified atom stereocenters. The number of halogens is 1. The van der Waals surface area contributed by atoms with E-state index < -0.39 is 36.5 Å². The Bertz CT molecular complexity index is 2430. The molecule has 0 fully saturated rings. The minimum absolute atomic E-state index is 0.0627. The number of hydrogen-bond acceptors (Lipinski definition) is 15. The maximum atomic E-state index is 12.1. The second-order valence-electron chi connectivity index (χ2n) is 14.1. The highest BCUT2D eigenvalue weighted by Gasteiger charge is 2.35. The van der Waals surface area contributed by atoms with Gasteiger partial charge < -0.3 is 35.0 Å². The Morgan fingerprint density at radius 1 is 0.769 bits per heavy atom. The monoisotopic (exact) mass is 897 g/mol. The Balaban J connectivity index is 0.000000412. The number of alkyl halides is 1. The molecule has 2 aromatic heterocycles. The molecule has 0 aliphatic heterocycles. The number of rotatable bonds is 18. The molecule has 0 amide bonds. The first kappa shape index (κ1) is 51.1. The molecule has 2 heterocycles. The average molecular weight is 898 g/mol. The van der Waals surface area contributed by atoms with E-state index in [0.29, 0.717) is 28.1 Å². The van der Waals surface area contributed by atoms with Crippen LogP contribution in [0.25, 0.3) is 43.4 Å². The van der Waals surface area contributed by atoms with Crippen molar-refractivity contribution in [1.29, 1.82) is 0 Å². The summed E-state index contributed by atoms with van der Waals surface area (Å²) in [7, 11) is -1.00. The van der Waals surface area contributed by atoms with E-state index in [-0.39, 0.29) is 74.4 Å². The lowest BCUT2D eigenvalue weighted by Crippen LogP contribution is -2.41. The fourth-order valence-corrected chi connectivity index (χ4v) is 5.28. The lowest BCUT2D eigenvalue weighted by Gasteiger charge is -2.30. The zero-order valence-electron chi connectivity index (χ0n) is 36.6. The zero-order chi connectivity index (χ0) is 49.1. The molecule has 342 valence electrons. The predicted molar refractivity (Wildman–Crippen MR) is 236 cm³/mol. The van der Waals surface area contributed by atoms with Gasteiger partial charge in [-0.25, -0.2) is 9.59 Å². The summed E-state index contributed by atoms with van der Waals surface area (Å²) in [5.74, 6) is 1.42. The number of esters is 2. The number of carbonyl (C=O) groups is 2. The highest BCUT2D eigenvalue weighted by Crippen LogP contribution is 2.30. The number of aromatic nitrogens is 6. The van der Waals surface area contributed by atoms with Gasteiger partial charge in [-0.2, -0.15) is 0 Å². The number of aromatic hydroxyl groups is 3. The maximum Gasteiger partial charge on any atom is 0.333 e. The normalized spacial score (nSPS) is 11.2. The summed E-state index contributed by atoms with van der Waals surface area (Å²) < 4.78 is 28.8. The van der Waals surface area contributed by atoms with Crippen molar-refractivity contribution in [3.63, 3.8) is 0 Å². The van der Waals surface area contributed by atoms with Gasteiger partial charge in [0.25, 0.3) is 0 Å². The topological polar surface area (TPSA) is 313 Å². The highest BCUT2D eigenvalue weighted by molar-refractivity contribution is 5.87. The molecule has 3 aromatic carbocycles. The molecule has 21 nitrogen and oxygen atoms in total. The summed E-state index contributed by atoms with van der Waals surface area (Å²) in [6, 6.07) is 20.3. The van der Waals surface area contributed by atoms with E-state index in [0.717, 1.165) is 0 Å². The molecule has 0 aliphatic carbocycles. The van der Waals surface area contributed by atoms with Gasteiger partial charge in [0, 0.05) is 50.6 Å². The summed E-state index contributed by atoms with van der Waals surface area (Å²) in [5, 5.41) is 72.2. The van der Waals surface area contributed by atoms with E-state index in [4.69, 9.17) is 33.4 Å². The fourth-order valence-electron chi connectivity index (χ4n) is 5.28. The molecule has 65 heavy (non-hydrogen) atoms. The standard InChI is InChI=1S/C25H26N6O5.C9H14N6O3.C8H6O.CH3F/c1-17(2)24(35)36-16-25(15-32,13-30-11-20(26-28-30)18-7-3-5-9-22(18)33)14-31-12-21(27-29-31)19-8-4-6-10-23(19)34;1-7(2)8(17)18-6-9(5-16,3-12-14-10)4-13-15-11;1-2-7-5-3-4-6-8(7)9;1-2/h3-12,32-34H,1,13-16H2,2H3;16H,1,3-6H2,2H3;1,3-6,9H;1H3/i;;;1D. The van der Waals surface area contributed by atoms with Gasteiger partial charge in [0.05, 0.1) is 64.8 Å².